The predicted molar refractivity (Wildman–Crippen MR) is 121 cm³/mol. The molecule has 0 saturated heterocycles. The van der Waals surface area contributed by atoms with Crippen LogP contribution in [0.15, 0.2) is 77.9 Å². The number of hydrogen-bond donors (Lipinski definition) is 1. The summed E-state index contributed by atoms with van der Waals surface area (Å²) < 4.78 is 16.8. The Hall–Kier alpha value is -3.80. The van der Waals surface area contributed by atoms with Crippen molar-refractivity contribution in [3.05, 3.63) is 89.5 Å². The van der Waals surface area contributed by atoms with Crippen LogP contribution in [0.2, 0.25) is 0 Å². The minimum Gasteiger partial charge on any atom is -0.494 e. The molecule has 0 radical (unpaired) electrons. The van der Waals surface area contributed by atoms with Gasteiger partial charge in [-0.2, -0.15) is 5.10 Å². The van der Waals surface area contributed by atoms with Gasteiger partial charge in [-0.25, -0.2) is 5.43 Å². The molecule has 3 aromatic carbocycles. The van der Waals surface area contributed by atoms with Crippen molar-refractivity contribution in [3.8, 4) is 17.2 Å². The highest BCUT2D eigenvalue weighted by Gasteiger charge is 2.11. The van der Waals surface area contributed by atoms with E-state index in [1.807, 2.05) is 54.6 Å². The summed E-state index contributed by atoms with van der Waals surface area (Å²) in [7, 11) is 1.54. The number of benzene rings is 3. The number of hydrogen-bond acceptors (Lipinski definition) is 5. The van der Waals surface area contributed by atoms with Gasteiger partial charge >= 0.3 is 0 Å². The maximum absolute atomic E-state index is 12.4. The second kappa shape index (κ2) is 11.4. The first kappa shape index (κ1) is 21.9. The van der Waals surface area contributed by atoms with E-state index in [4.69, 9.17) is 14.2 Å². The van der Waals surface area contributed by atoms with Crippen LogP contribution < -0.4 is 19.6 Å². The van der Waals surface area contributed by atoms with Gasteiger partial charge in [-0.05, 0) is 60.0 Å². The van der Waals surface area contributed by atoms with Crippen LogP contribution in [0.3, 0.4) is 0 Å². The molecule has 3 aromatic rings. The molecule has 6 nitrogen and oxygen atoms in total. The zero-order valence-electron chi connectivity index (χ0n) is 17.7. The highest BCUT2D eigenvalue weighted by atomic mass is 16.5. The first-order chi connectivity index (χ1) is 15.2. The molecular formula is C25H26N2O4. The van der Waals surface area contributed by atoms with Gasteiger partial charge < -0.3 is 14.2 Å². The van der Waals surface area contributed by atoms with Gasteiger partial charge in [-0.15, -0.1) is 0 Å². The highest BCUT2D eigenvalue weighted by Crippen LogP contribution is 2.28. The van der Waals surface area contributed by atoms with Gasteiger partial charge in [0.1, 0.15) is 12.4 Å². The molecule has 0 aliphatic carbocycles. The summed E-state index contributed by atoms with van der Waals surface area (Å²) in [6, 6.07) is 22.4. The molecule has 0 fully saturated rings. The Labute approximate surface area is 182 Å². The van der Waals surface area contributed by atoms with E-state index in [0.29, 0.717) is 30.3 Å². The molecule has 1 amide bonds. The first-order valence-corrected chi connectivity index (χ1v) is 10.1. The number of ether oxygens (including phenoxy) is 3. The van der Waals surface area contributed by atoms with Crippen LogP contribution in [-0.4, -0.2) is 25.8 Å². The molecule has 160 valence electrons. The molecule has 0 saturated carbocycles. The summed E-state index contributed by atoms with van der Waals surface area (Å²) in [6.07, 6.45) is 2.54. The zero-order valence-corrected chi connectivity index (χ0v) is 17.7. The molecule has 6 heteroatoms. The van der Waals surface area contributed by atoms with E-state index in [1.165, 1.54) is 0 Å². The monoisotopic (exact) mass is 418 g/mol. The van der Waals surface area contributed by atoms with Crippen molar-refractivity contribution < 1.29 is 19.0 Å². The van der Waals surface area contributed by atoms with E-state index in [9.17, 15) is 4.79 Å². The number of nitrogens with one attached hydrogen (secondary N) is 1. The first-order valence-electron chi connectivity index (χ1n) is 10.1. The van der Waals surface area contributed by atoms with Crippen LogP contribution in [0.1, 0.15) is 34.8 Å². The number of methoxy groups -OCH3 is 1. The van der Waals surface area contributed by atoms with Gasteiger partial charge in [0, 0.05) is 5.56 Å². The van der Waals surface area contributed by atoms with Crippen molar-refractivity contribution in [1.82, 2.24) is 5.43 Å². The summed E-state index contributed by atoms with van der Waals surface area (Å²) in [6.45, 7) is 3.16. The molecule has 0 aliphatic rings. The second-order valence-corrected chi connectivity index (χ2v) is 6.76. The van der Waals surface area contributed by atoms with Crippen LogP contribution in [0.25, 0.3) is 0 Å². The summed E-state index contributed by atoms with van der Waals surface area (Å²) in [5.74, 6) is 1.52. The summed E-state index contributed by atoms with van der Waals surface area (Å²) >= 11 is 0. The number of nitrogens with zero attached hydrogens (tertiary/aromatic N) is 1. The Morgan fingerprint density at radius 3 is 2.45 bits per heavy atom. The Balaban J connectivity index is 1.57. The lowest BCUT2D eigenvalue weighted by Gasteiger charge is -2.12. The third-order valence-electron chi connectivity index (χ3n) is 4.40. The molecule has 1 N–H and O–H groups in total. The number of rotatable bonds is 10. The smallest absolute Gasteiger partial charge is 0.271 e. The quantitative estimate of drug-likeness (QED) is 0.378. The zero-order chi connectivity index (χ0) is 21.9. The average Bonchev–Trinajstić information content (AvgIpc) is 2.82. The molecular weight excluding hydrogens is 392 g/mol. The maximum Gasteiger partial charge on any atom is 0.271 e. The van der Waals surface area contributed by atoms with Crippen LogP contribution in [0.4, 0.5) is 0 Å². The lowest BCUT2D eigenvalue weighted by atomic mass is 10.2. The highest BCUT2D eigenvalue weighted by molar-refractivity contribution is 5.95. The summed E-state index contributed by atoms with van der Waals surface area (Å²) in [5.41, 5.74) is 4.85. The van der Waals surface area contributed by atoms with E-state index < -0.39 is 0 Å². The van der Waals surface area contributed by atoms with Crippen molar-refractivity contribution in [3.63, 3.8) is 0 Å². The van der Waals surface area contributed by atoms with Crippen LogP contribution >= 0.6 is 0 Å². The molecule has 0 heterocycles. The van der Waals surface area contributed by atoms with Crippen molar-refractivity contribution in [2.24, 2.45) is 5.10 Å². The predicted octanol–water partition coefficient (Wildman–Crippen LogP) is 4.83. The van der Waals surface area contributed by atoms with Crippen LogP contribution in [0, 0.1) is 0 Å². The minimum atomic E-state index is -0.341. The van der Waals surface area contributed by atoms with Crippen LogP contribution in [0.5, 0.6) is 17.2 Å². The Kier molecular flexibility index (Phi) is 8.05. The Morgan fingerprint density at radius 2 is 1.74 bits per heavy atom. The maximum atomic E-state index is 12.4. The molecule has 31 heavy (non-hydrogen) atoms. The van der Waals surface area contributed by atoms with Gasteiger partial charge in [0.25, 0.3) is 5.91 Å². The topological polar surface area (TPSA) is 69.2 Å². The molecule has 0 aliphatic heterocycles. The minimum absolute atomic E-state index is 0.341. The molecule has 0 unspecified atom stereocenters. The number of hydrazone groups is 1. The van der Waals surface area contributed by atoms with Gasteiger partial charge in [0.15, 0.2) is 11.5 Å². The van der Waals surface area contributed by atoms with Gasteiger partial charge in [-0.1, -0.05) is 37.3 Å². The van der Waals surface area contributed by atoms with Crippen molar-refractivity contribution in [2.75, 3.05) is 13.7 Å². The fourth-order valence-corrected chi connectivity index (χ4v) is 2.76. The molecule has 0 bridgehead atoms. The number of carbonyl (C=O) groups is 1. The van der Waals surface area contributed by atoms with E-state index in [-0.39, 0.29) is 5.91 Å². The van der Waals surface area contributed by atoms with Crippen molar-refractivity contribution in [2.45, 2.75) is 20.0 Å². The van der Waals surface area contributed by atoms with E-state index in [1.54, 1.807) is 31.5 Å². The van der Waals surface area contributed by atoms with Gasteiger partial charge in [-0.3, -0.25) is 4.79 Å². The fourth-order valence-electron chi connectivity index (χ4n) is 2.76. The van der Waals surface area contributed by atoms with Gasteiger partial charge in [0.2, 0.25) is 0 Å². The molecule has 0 spiro atoms. The Morgan fingerprint density at radius 1 is 0.968 bits per heavy atom. The van der Waals surface area contributed by atoms with Crippen LogP contribution in [-0.2, 0) is 6.61 Å². The Bertz CT molecular complexity index is 1000. The third-order valence-corrected chi connectivity index (χ3v) is 4.40. The normalized spacial score (nSPS) is 10.6. The molecule has 3 rings (SSSR count). The SMILES string of the molecule is CCCOc1ccc(/C=N/NC(=O)c2ccc(OCc3ccccc3)c(OC)c2)cc1. The van der Waals surface area contributed by atoms with Crippen molar-refractivity contribution >= 4 is 12.1 Å². The fraction of sp³-hybridized carbons (Fsp3) is 0.200. The van der Waals surface area contributed by atoms with E-state index >= 15 is 0 Å². The molecule has 0 atom stereocenters. The van der Waals surface area contributed by atoms with E-state index in [0.717, 1.165) is 23.3 Å². The number of carbonyl (C=O) groups excluding carboxylic acids is 1. The second-order valence-electron chi connectivity index (χ2n) is 6.76. The van der Waals surface area contributed by atoms with Crippen molar-refractivity contribution in [1.29, 1.82) is 0 Å². The lowest BCUT2D eigenvalue weighted by molar-refractivity contribution is 0.0954. The molecule has 0 aromatic heterocycles. The largest absolute Gasteiger partial charge is 0.494 e. The average molecular weight is 418 g/mol. The summed E-state index contributed by atoms with van der Waals surface area (Å²) in [5, 5.41) is 4.03. The van der Waals surface area contributed by atoms with E-state index in [2.05, 4.69) is 17.5 Å². The summed E-state index contributed by atoms with van der Waals surface area (Å²) in [4.78, 5) is 12.4. The standard InChI is InChI=1S/C25H26N2O4/c1-3-15-30-22-12-9-19(10-13-22)17-26-27-25(28)21-11-14-23(24(16-21)29-2)31-18-20-7-5-4-6-8-20/h4-14,16-17H,3,15,18H2,1-2H3,(H,27,28)/b26-17+. The lowest BCUT2D eigenvalue weighted by Crippen LogP contribution is -2.17. The van der Waals surface area contributed by atoms with Gasteiger partial charge in [0.05, 0.1) is 19.9 Å². The number of amides is 1. The third kappa shape index (κ3) is 6.60.